The third-order valence-corrected chi connectivity index (χ3v) is 2.03. The van der Waals surface area contributed by atoms with Gasteiger partial charge in [0.15, 0.2) is 5.78 Å². The average molecular weight is 204 g/mol. The average Bonchev–Trinajstić information content (AvgIpc) is 2.72. The van der Waals surface area contributed by atoms with Crippen LogP contribution >= 0.6 is 0 Å². The molecule has 0 N–H and O–H groups in total. The second-order valence-electron chi connectivity index (χ2n) is 3.50. The first-order valence-corrected chi connectivity index (χ1v) is 4.67. The normalized spacial score (nSPS) is 10.5. The van der Waals surface area contributed by atoms with E-state index in [0.29, 0.717) is 6.54 Å². The van der Waals surface area contributed by atoms with E-state index in [1.807, 2.05) is 19.3 Å². The highest BCUT2D eigenvalue weighted by Gasteiger charge is 2.05. The Morgan fingerprint density at radius 3 is 2.93 bits per heavy atom. The van der Waals surface area contributed by atoms with Crippen molar-refractivity contribution in [2.45, 2.75) is 13.5 Å². The molecular formula is C10H12N4O. The highest BCUT2D eigenvalue weighted by molar-refractivity contribution is 5.75. The molecular weight excluding hydrogens is 192 g/mol. The van der Waals surface area contributed by atoms with Gasteiger partial charge in [0, 0.05) is 25.0 Å². The second-order valence-corrected chi connectivity index (χ2v) is 3.50. The molecule has 0 atom stereocenters. The molecule has 0 aliphatic carbocycles. The zero-order valence-corrected chi connectivity index (χ0v) is 8.71. The van der Waals surface area contributed by atoms with Gasteiger partial charge in [-0.1, -0.05) is 0 Å². The molecule has 0 aliphatic rings. The van der Waals surface area contributed by atoms with Crippen LogP contribution in [0.4, 0.5) is 0 Å². The Morgan fingerprint density at radius 2 is 2.33 bits per heavy atom. The molecule has 78 valence electrons. The van der Waals surface area contributed by atoms with Crippen molar-refractivity contribution < 1.29 is 4.79 Å². The second kappa shape index (κ2) is 3.68. The van der Waals surface area contributed by atoms with E-state index in [0.717, 1.165) is 11.3 Å². The number of rotatable bonds is 3. The minimum absolute atomic E-state index is 0.0934. The molecule has 5 nitrogen and oxygen atoms in total. The van der Waals surface area contributed by atoms with E-state index in [1.54, 1.807) is 28.7 Å². The third kappa shape index (κ3) is 2.12. The molecule has 0 amide bonds. The van der Waals surface area contributed by atoms with Gasteiger partial charge in [-0.2, -0.15) is 10.2 Å². The fourth-order valence-corrected chi connectivity index (χ4v) is 1.39. The van der Waals surface area contributed by atoms with Crippen molar-refractivity contribution in [3.8, 4) is 11.3 Å². The molecule has 0 bridgehead atoms. The molecule has 2 aromatic rings. The highest BCUT2D eigenvalue weighted by atomic mass is 16.1. The monoisotopic (exact) mass is 204 g/mol. The molecule has 0 unspecified atom stereocenters. The summed E-state index contributed by atoms with van der Waals surface area (Å²) in [6.07, 6.45) is 5.44. The summed E-state index contributed by atoms with van der Waals surface area (Å²) in [6.45, 7) is 1.87. The first-order valence-electron chi connectivity index (χ1n) is 4.67. The summed E-state index contributed by atoms with van der Waals surface area (Å²) in [5.41, 5.74) is 1.80. The van der Waals surface area contributed by atoms with Crippen LogP contribution in [-0.4, -0.2) is 25.3 Å². The minimum atomic E-state index is 0.0934. The maximum atomic E-state index is 10.9. The molecule has 2 heterocycles. The Hall–Kier alpha value is -1.91. The van der Waals surface area contributed by atoms with Crippen LogP contribution in [0.5, 0.6) is 0 Å². The number of carbonyl (C=O) groups excluding carboxylic acids is 1. The van der Waals surface area contributed by atoms with Gasteiger partial charge >= 0.3 is 0 Å². The van der Waals surface area contributed by atoms with E-state index in [9.17, 15) is 4.79 Å². The topological polar surface area (TPSA) is 52.7 Å². The van der Waals surface area contributed by atoms with Gasteiger partial charge in [0.2, 0.25) is 0 Å². The molecule has 0 spiro atoms. The number of aryl methyl sites for hydroxylation is 1. The zero-order chi connectivity index (χ0) is 10.8. The number of Topliss-reactive ketones (excluding diaryl/α,β-unsaturated/α-hetero) is 1. The summed E-state index contributed by atoms with van der Waals surface area (Å²) in [4.78, 5) is 10.9. The van der Waals surface area contributed by atoms with Crippen LogP contribution in [0.1, 0.15) is 6.92 Å². The number of nitrogens with zero attached hydrogens (tertiary/aromatic N) is 4. The van der Waals surface area contributed by atoms with Crippen LogP contribution in [0.15, 0.2) is 24.7 Å². The van der Waals surface area contributed by atoms with Gasteiger partial charge in [-0.3, -0.25) is 14.2 Å². The molecule has 0 saturated carbocycles. The van der Waals surface area contributed by atoms with E-state index in [4.69, 9.17) is 0 Å². The number of hydrogen-bond acceptors (Lipinski definition) is 3. The number of carbonyl (C=O) groups is 1. The van der Waals surface area contributed by atoms with E-state index in [1.165, 1.54) is 0 Å². The highest BCUT2D eigenvalue weighted by Crippen LogP contribution is 2.14. The lowest BCUT2D eigenvalue weighted by Crippen LogP contribution is -2.06. The van der Waals surface area contributed by atoms with Crippen molar-refractivity contribution >= 4 is 5.78 Å². The Labute approximate surface area is 87.3 Å². The van der Waals surface area contributed by atoms with Crippen LogP contribution in [0.3, 0.4) is 0 Å². The number of aromatic nitrogens is 4. The van der Waals surface area contributed by atoms with Gasteiger partial charge in [0.1, 0.15) is 0 Å². The molecule has 5 heteroatoms. The van der Waals surface area contributed by atoms with Crippen molar-refractivity contribution in [3.05, 3.63) is 24.7 Å². The fraction of sp³-hybridized carbons (Fsp3) is 0.300. The van der Waals surface area contributed by atoms with Gasteiger partial charge in [-0.25, -0.2) is 0 Å². The zero-order valence-electron chi connectivity index (χ0n) is 8.71. The molecule has 2 aromatic heterocycles. The lowest BCUT2D eigenvalue weighted by atomic mass is 10.3. The summed E-state index contributed by atoms with van der Waals surface area (Å²) >= 11 is 0. The van der Waals surface area contributed by atoms with E-state index < -0.39 is 0 Å². The maximum Gasteiger partial charge on any atom is 0.151 e. The standard InChI is InChI=1S/C10H12N4O/c1-8(15)6-14-4-3-10(12-14)9-5-11-13(2)7-9/h3-5,7H,6H2,1-2H3. The van der Waals surface area contributed by atoms with Crippen LogP contribution in [0, 0.1) is 0 Å². The number of ketones is 1. The van der Waals surface area contributed by atoms with Gasteiger partial charge in [-0.15, -0.1) is 0 Å². The molecule has 0 aromatic carbocycles. The first kappa shape index (κ1) is 9.64. The van der Waals surface area contributed by atoms with Gasteiger partial charge in [0.05, 0.1) is 18.4 Å². The van der Waals surface area contributed by atoms with Crippen LogP contribution in [-0.2, 0) is 18.4 Å². The summed E-state index contributed by atoms with van der Waals surface area (Å²) in [5, 5.41) is 8.34. The number of hydrogen-bond donors (Lipinski definition) is 0. The van der Waals surface area contributed by atoms with Crippen LogP contribution in [0.2, 0.25) is 0 Å². The molecule has 0 aliphatic heterocycles. The van der Waals surface area contributed by atoms with Crippen molar-refractivity contribution in [1.29, 1.82) is 0 Å². The third-order valence-electron chi connectivity index (χ3n) is 2.03. The van der Waals surface area contributed by atoms with E-state index in [2.05, 4.69) is 10.2 Å². The van der Waals surface area contributed by atoms with Crippen LogP contribution < -0.4 is 0 Å². The van der Waals surface area contributed by atoms with Crippen molar-refractivity contribution in [3.63, 3.8) is 0 Å². The minimum Gasteiger partial charge on any atom is -0.298 e. The lowest BCUT2D eigenvalue weighted by Gasteiger charge is -1.94. The fourth-order valence-electron chi connectivity index (χ4n) is 1.39. The molecule has 15 heavy (non-hydrogen) atoms. The Kier molecular flexibility index (Phi) is 2.37. The first-order chi connectivity index (χ1) is 7.15. The summed E-state index contributed by atoms with van der Waals surface area (Å²) in [7, 11) is 1.86. The Balaban J connectivity index is 2.23. The summed E-state index contributed by atoms with van der Waals surface area (Å²) < 4.78 is 3.35. The predicted molar refractivity (Wildman–Crippen MR) is 55.1 cm³/mol. The molecule has 0 radical (unpaired) electrons. The maximum absolute atomic E-state index is 10.9. The Morgan fingerprint density at radius 1 is 1.53 bits per heavy atom. The van der Waals surface area contributed by atoms with Gasteiger partial charge in [-0.05, 0) is 13.0 Å². The molecule has 2 rings (SSSR count). The smallest absolute Gasteiger partial charge is 0.151 e. The van der Waals surface area contributed by atoms with E-state index in [-0.39, 0.29) is 5.78 Å². The van der Waals surface area contributed by atoms with Crippen molar-refractivity contribution in [2.24, 2.45) is 7.05 Å². The van der Waals surface area contributed by atoms with Crippen molar-refractivity contribution in [1.82, 2.24) is 19.6 Å². The predicted octanol–water partition coefficient (Wildman–Crippen LogP) is 0.873. The van der Waals surface area contributed by atoms with E-state index >= 15 is 0 Å². The molecule has 0 saturated heterocycles. The van der Waals surface area contributed by atoms with Crippen molar-refractivity contribution in [2.75, 3.05) is 0 Å². The van der Waals surface area contributed by atoms with Crippen LogP contribution in [0.25, 0.3) is 11.3 Å². The van der Waals surface area contributed by atoms with Gasteiger partial charge < -0.3 is 0 Å². The summed E-state index contributed by atoms with van der Waals surface area (Å²) in [5.74, 6) is 0.0934. The lowest BCUT2D eigenvalue weighted by molar-refractivity contribution is -0.117. The molecule has 0 fully saturated rings. The SMILES string of the molecule is CC(=O)Cn1ccc(-c2cnn(C)c2)n1. The quantitative estimate of drug-likeness (QED) is 0.745. The largest absolute Gasteiger partial charge is 0.298 e. The Bertz CT molecular complexity index is 483. The summed E-state index contributed by atoms with van der Waals surface area (Å²) in [6, 6.07) is 1.87. The van der Waals surface area contributed by atoms with Gasteiger partial charge in [0.25, 0.3) is 0 Å².